The van der Waals surface area contributed by atoms with E-state index in [0.717, 1.165) is 64.7 Å². The number of rotatable bonds is 32. The van der Waals surface area contributed by atoms with Gasteiger partial charge in [-0.15, -0.1) is 0 Å². The van der Waals surface area contributed by atoms with Crippen LogP contribution in [0.2, 0.25) is 0 Å². The molecule has 0 aromatic heterocycles. The minimum atomic E-state index is -1.18. The highest BCUT2D eigenvalue weighted by Gasteiger charge is 2.20. The minimum absolute atomic E-state index is 0.0426. The summed E-state index contributed by atoms with van der Waals surface area (Å²) in [5, 5.41) is 54.9. The van der Waals surface area contributed by atoms with Gasteiger partial charge in [-0.25, -0.2) is 0 Å². The lowest BCUT2D eigenvalue weighted by Gasteiger charge is -2.18. The van der Waals surface area contributed by atoms with Crippen molar-refractivity contribution in [1.29, 1.82) is 0 Å². The highest BCUT2D eigenvalue weighted by atomic mass is 16.4. The molecule has 246 valence electrons. The Labute approximate surface area is 250 Å². The van der Waals surface area contributed by atoms with Crippen molar-refractivity contribution in [3.8, 4) is 0 Å². The molecule has 0 saturated carbocycles. The molecule has 0 aliphatic heterocycles. The third kappa shape index (κ3) is 24.3. The standard InChI is InChI=1S/C28H56N6O8/c1-29-15-9-6-11-22(26(37)38)32-20-19-31-17-8-5-3-2-4-7-16-30-18-10-12-23(27(39)40)33-21-34-24(28(41)42)13-14-25(35)36/h22-24,29-34H,2-21H2,1H3,(H,35,36)(H,37,38)(H,39,40)(H,41,42). The Morgan fingerprint density at radius 2 is 0.952 bits per heavy atom. The fourth-order valence-corrected chi connectivity index (χ4v) is 4.39. The predicted molar refractivity (Wildman–Crippen MR) is 161 cm³/mol. The number of hydrogen-bond donors (Lipinski definition) is 10. The number of carbonyl (C=O) groups is 4. The van der Waals surface area contributed by atoms with Gasteiger partial charge < -0.3 is 41.7 Å². The van der Waals surface area contributed by atoms with Crippen LogP contribution in [0.15, 0.2) is 0 Å². The van der Waals surface area contributed by atoms with E-state index in [-0.39, 0.29) is 19.5 Å². The summed E-state index contributed by atoms with van der Waals surface area (Å²) in [6, 6.07) is -2.36. The minimum Gasteiger partial charge on any atom is -0.481 e. The summed E-state index contributed by atoms with van der Waals surface area (Å²) in [6.07, 6.45) is 9.95. The third-order valence-electron chi connectivity index (χ3n) is 6.90. The van der Waals surface area contributed by atoms with Crippen molar-refractivity contribution in [2.45, 2.75) is 102 Å². The van der Waals surface area contributed by atoms with Crippen LogP contribution in [0.25, 0.3) is 0 Å². The molecule has 0 aliphatic carbocycles. The summed E-state index contributed by atoms with van der Waals surface area (Å²) in [5.74, 6) is -4.06. The molecule has 0 heterocycles. The maximum Gasteiger partial charge on any atom is 0.320 e. The van der Waals surface area contributed by atoms with Gasteiger partial charge in [-0.3, -0.25) is 29.8 Å². The van der Waals surface area contributed by atoms with Gasteiger partial charge in [-0.05, 0) is 78.2 Å². The summed E-state index contributed by atoms with van der Waals surface area (Å²) in [4.78, 5) is 44.6. The quantitative estimate of drug-likeness (QED) is 0.0376. The first-order valence-electron chi connectivity index (χ1n) is 15.3. The second kappa shape index (κ2) is 27.5. The molecule has 0 fully saturated rings. The monoisotopic (exact) mass is 604 g/mol. The maximum atomic E-state index is 11.5. The molecule has 0 amide bonds. The molecule has 42 heavy (non-hydrogen) atoms. The fraction of sp³-hybridized carbons (Fsp3) is 0.857. The van der Waals surface area contributed by atoms with Crippen molar-refractivity contribution in [3.05, 3.63) is 0 Å². The summed E-state index contributed by atoms with van der Waals surface area (Å²) in [7, 11) is 1.89. The molecule has 0 bridgehead atoms. The first kappa shape index (κ1) is 39.6. The first-order valence-corrected chi connectivity index (χ1v) is 15.3. The van der Waals surface area contributed by atoms with E-state index in [9.17, 15) is 29.4 Å². The Morgan fingerprint density at radius 3 is 1.50 bits per heavy atom. The molecule has 0 spiro atoms. The van der Waals surface area contributed by atoms with E-state index in [1.807, 2.05) is 7.05 Å². The zero-order chi connectivity index (χ0) is 31.4. The smallest absolute Gasteiger partial charge is 0.320 e. The SMILES string of the molecule is CNCCCCC(NCCNCCCCCCCCNCCCC(NCNC(CCC(=O)O)C(=O)O)C(=O)O)C(=O)O. The third-order valence-corrected chi connectivity index (χ3v) is 6.90. The van der Waals surface area contributed by atoms with E-state index in [0.29, 0.717) is 32.4 Å². The first-order chi connectivity index (χ1) is 20.2. The summed E-state index contributed by atoms with van der Waals surface area (Å²) < 4.78 is 0. The topological polar surface area (TPSA) is 221 Å². The molecule has 0 radical (unpaired) electrons. The molecule has 14 nitrogen and oxygen atoms in total. The zero-order valence-corrected chi connectivity index (χ0v) is 25.3. The van der Waals surface area contributed by atoms with Gasteiger partial charge in [0.25, 0.3) is 0 Å². The molecular formula is C28H56N6O8. The number of carboxylic acids is 4. The summed E-state index contributed by atoms with van der Waals surface area (Å²) in [5.41, 5.74) is 0. The molecule has 0 saturated heterocycles. The van der Waals surface area contributed by atoms with Crippen molar-refractivity contribution < 1.29 is 39.6 Å². The van der Waals surface area contributed by atoms with Crippen LogP contribution in [-0.2, 0) is 19.2 Å². The highest BCUT2D eigenvalue weighted by molar-refractivity contribution is 5.75. The largest absolute Gasteiger partial charge is 0.481 e. The Morgan fingerprint density at radius 1 is 0.500 bits per heavy atom. The lowest BCUT2D eigenvalue weighted by atomic mass is 10.1. The Bertz CT molecular complexity index is 731. The van der Waals surface area contributed by atoms with Gasteiger partial charge in [-0.1, -0.05) is 32.1 Å². The maximum absolute atomic E-state index is 11.5. The Hall–Kier alpha value is -2.36. The second-order valence-electron chi connectivity index (χ2n) is 10.5. The molecule has 14 heteroatoms. The molecule has 0 aliphatic rings. The van der Waals surface area contributed by atoms with Gasteiger partial charge in [0.2, 0.25) is 0 Å². The lowest BCUT2D eigenvalue weighted by Crippen LogP contribution is -2.47. The average Bonchev–Trinajstić information content (AvgIpc) is 2.93. The van der Waals surface area contributed by atoms with Gasteiger partial charge in [0.05, 0.1) is 0 Å². The van der Waals surface area contributed by atoms with Crippen LogP contribution in [0.4, 0.5) is 0 Å². The zero-order valence-electron chi connectivity index (χ0n) is 25.3. The van der Waals surface area contributed by atoms with Crippen molar-refractivity contribution in [3.63, 3.8) is 0 Å². The summed E-state index contributed by atoms with van der Waals surface area (Å²) in [6.45, 7) is 4.75. The van der Waals surface area contributed by atoms with E-state index in [4.69, 9.17) is 10.2 Å². The number of carboxylic acid groups (broad SMARTS) is 4. The Kier molecular flexibility index (Phi) is 25.9. The molecule has 3 atom stereocenters. The van der Waals surface area contributed by atoms with Gasteiger partial charge in [0.15, 0.2) is 0 Å². The molecule has 3 unspecified atom stereocenters. The van der Waals surface area contributed by atoms with Crippen LogP contribution in [0.3, 0.4) is 0 Å². The van der Waals surface area contributed by atoms with Crippen LogP contribution >= 0.6 is 0 Å². The van der Waals surface area contributed by atoms with Crippen molar-refractivity contribution >= 4 is 23.9 Å². The fourth-order valence-electron chi connectivity index (χ4n) is 4.39. The summed E-state index contributed by atoms with van der Waals surface area (Å²) >= 11 is 0. The normalized spacial score (nSPS) is 13.5. The molecule has 0 rings (SSSR count). The van der Waals surface area contributed by atoms with E-state index in [2.05, 4.69) is 31.9 Å². The average molecular weight is 605 g/mol. The molecule has 0 aromatic rings. The number of nitrogens with one attached hydrogen (secondary N) is 6. The van der Waals surface area contributed by atoms with E-state index in [1.54, 1.807) is 0 Å². The van der Waals surface area contributed by atoms with E-state index >= 15 is 0 Å². The van der Waals surface area contributed by atoms with Crippen LogP contribution in [0.1, 0.15) is 83.5 Å². The molecular weight excluding hydrogens is 548 g/mol. The predicted octanol–water partition coefficient (Wildman–Crippen LogP) is 0.627. The van der Waals surface area contributed by atoms with Crippen molar-refractivity contribution in [1.82, 2.24) is 31.9 Å². The number of aliphatic carboxylic acids is 4. The Balaban J connectivity index is 3.67. The number of unbranched alkanes of at least 4 members (excludes halogenated alkanes) is 6. The van der Waals surface area contributed by atoms with Crippen LogP contribution in [0.5, 0.6) is 0 Å². The highest BCUT2D eigenvalue weighted by Crippen LogP contribution is 2.05. The van der Waals surface area contributed by atoms with Crippen LogP contribution < -0.4 is 31.9 Å². The number of hydrogen-bond acceptors (Lipinski definition) is 10. The van der Waals surface area contributed by atoms with Gasteiger partial charge in [0.1, 0.15) is 18.1 Å². The second-order valence-corrected chi connectivity index (χ2v) is 10.5. The van der Waals surface area contributed by atoms with Crippen LogP contribution in [0, 0.1) is 0 Å². The van der Waals surface area contributed by atoms with Gasteiger partial charge in [0, 0.05) is 26.2 Å². The van der Waals surface area contributed by atoms with Gasteiger partial charge in [-0.2, -0.15) is 0 Å². The van der Waals surface area contributed by atoms with Crippen LogP contribution in [-0.4, -0.2) is 115 Å². The molecule has 10 N–H and O–H groups in total. The van der Waals surface area contributed by atoms with E-state index in [1.165, 1.54) is 12.8 Å². The lowest BCUT2D eigenvalue weighted by molar-refractivity contribution is -0.141. The van der Waals surface area contributed by atoms with Crippen molar-refractivity contribution in [2.24, 2.45) is 0 Å². The van der Waals surface area contributed by atoms with Crippen molar-refractivity contribution in [2.75, 3.05) is 53.0 Å². The van der Waals surface area contributed by atoms with Gasteiger partial charge >= 0.3 is 23.9 Å². The molecule has 0 aromatic carbocycles. The van der Waals surface area contributed by atoms with E-state index < -0.39 is 42.0 Å².